The molecule has 2 nitrogen and oxygen atoms in total. The van der Waals surface area contributed by atoms with Crippen LogP contribution in [0.2, 0.25) is 5.02 Å². The summed E-state index contributed by atoms with van der Waals surface area (Å²) in [5.41, 5.74) is 0.592. The Morgan fingerprint density at radius 3 is 2.53 bits per heavy atom. The normalized spacial score (nSPS) is 11.6. The topological polar surface area (TPSA) is 18.5 Å². The van der Waals surface area contributed by atoms with Crippen LogP contribution in [0.4, 0.5) is 13.2 Å². The van der Waals surface area contributed by atoms with Gasteiger partial charge in [0.05, 0.1) is 5.88 Å². The van der Waals surface area contributed by atoms with Crippen LogP contribution in [-0.4, -0.2) is 19.6 Å². The van der Waals surface area contributed by atoms with Crippen molar-refractivity contribution >= 4 is 23.2 Å². The fourth-order valence-electron chi connectivity index (χ4n) is 1.06. The van der Waals surface area contributed by atoms with E-state index in [-0.39, 0.29) is 5.88 Å². The Balaban J connectivity index is 2.46. The van der Waals surface area contributed by atoms with Gasteiger partial charge in [-0.15, -0.1) is 11.6 Å². The molecule has 7 heteroatoms. The molecule has 0 N–H and O–H groups in total. The lowest BCUT2D eigenvalue weighted by Crippen LogP contribution is -2.19. The van der Waals surface area contributed by atoms with Gasteiger partial charge in [-0.1, -0.05) is 11.6 Å². The van der Waals surface area contributed by atoms with Gasteiger partial charge in [-0.25, -0.2) is 0 Å². The molecule has 0 saturated carbocycles. The predicted molar refractivity (Wildman–Crippen MR) is 58.5 cm³/mol. The average molecular weight is 289 g/mol. The molecular weight excluding hydrogens is 280 g/mol. The van der Waals surface area contributed by atoms with Gasteiger partial charge < -0.3 is 9.47 Å². The number of alkyl halides is 4. The van der Waals surface area contributed by atoms with E-state index in [4.69, 9.17) is 27.9 Å². The Bertz CT molecular complexity index is 369. The van der Waals surface area contributed by atoms with Gasteiger partial charge in [-0.2, -0.15) is 13.2 Å². The zero-order valence-electron chi connectivity index (χ0n) is 8.56. The number of halogens is 5. The Labute approximate surface area is 106 Å². The van der Waals surface area contributed by atoms with Gasteiger partial charge in [0.1, 0.15) is 12.4 Å². The lowest BCUT2D eigenvalue weighted by molar-refractivity contribution is -0.186. The molecule has 0 heterocycles. The highest BCUT2D eigenvalue weighted by atomic mass is 35.5. The van der Waals surface area contributed by atoms with Gasteiger partial charge in [-0.3, -0.25) is 0 Å². The summed E-state index contributed by atoms with van der Waals surface area (Å²) >= 11 is 11.4. The number of rotatable bonds is 5. The van der Waals surface area contributed by atoms with Gasteiger partial charge in [0.25, 0.3) is 0 Å². The minimum atomic E-state index is -4.36. The molecule has 1 rings (SSSR count). The van der Waals surface area contributed by atoms with Crippen molar-refractivity contribution in [2.24, 2.45) is 0 Å². The van der Waals surface area contributed by atoms with Crippen LogP contribution in [0.3, 0.4) is 0 Å². The highest BCUT2D eigenvalue weighted by molar-refractivity contribution is 6.30. The average Bonchev–Trinajstić information content (AvgIpc) is 2.24. The first-order chi connectivity index (χ1) is 7.92. The van der Waals surface area contributed by atoms with Crippen LogP contribution in [-0.2, 0) is 10.6 Å². The molecule has 96 valence electrons. The quantitative estimate of drug-likeness (QED) is 0.463. The maximum Gasteiger partial charge on any atom is 0.411 e. The third kappa shape index (κ3) is 5.48. The molecule has 0 spiro atoms. The molecule has 0 unspecified atom stereocenters. The zero-order valence-corrected chi connectivity index (χ0v) is 10.1. The summed E-state index contributed by atoms with van der Waals surface area (Å²) in [6.07, 6.45) is -4.36. The second-order valence-electron chi connectivity index (χ2n) is 3.11. The third-order valence-corrected chi connectivity index (χ3v) is 2.25. The maximum absolute atomic E-state index is 11.8. The number of hydrogen-bond acceptors (Lipinski definition) is 2. The number of hydrogen-bond donors (Lipinski definition) is 0. The van der Waals surface area contributed by atoms with Crippen molar-refractivity contribution < 1.29 is 22.6 Å². The molecule has 1 aromatic rings. The second kappa shape index (κ2) is 6.33. The summed E-state index contributed by atoms with van der Waals surface area (Å²) in [5, 5.41) is 0.476. The molecule has 0 aliphatic carbocycles. The van der Waals surface area contributed by atoms with Crippen molar-refractivity contribution in [3.63, 3.8) is 0 Å². The van der Waals surface area contributed by atoms with E-state index < -0.39 is 19.6 Å². The van der Waals surface area contributed by atoms with Gasteiger partial charge in [0.15, 0.2) is 6.79 Å². The highest BCUT2D eigenvalue weighted by Gasteiger charge is 2.27. The minimum absolute atomic E-state index is 0.148. The lowest BCUT2D eigenvalue weighted by Gasteiger charge is -2.11. The second-order valence-corrected chi connectivity index (χ2v) is 3.82. The summed E-state index contributed by atoms with van der Waals surface area (Å²) in [4.78, 5) is 0. The summed E-state index contributed by atoms with van der Waals surface area (Å²) in [5.74, 6) is 0.501. The van der Waals surface area contributed by atoms with Gasteiger partial charge in [0.2, 0.25) is 0 Å². The largest absolute Gasteiger partial charge is 0.467 e. The standard InChI is InChI=1S/C10H9Cl2F3O2/c11-4-7-3-8(12)1-2-9(7)17-6-16-5-10(13,14)15/h1-3H,4-6H2. The van der Waals surface area contributed by atoms with Crippen molar-refractivity contribution in [3.8, 4) is 5.75 Å². The van der Waals surface area contributed by atoms with Crippen LogP contribution < -0.4 is 4.74 Å². The predicted octanol–water partition coefficient (Wildman–Crippen LogP) is 3.99. The number of benzene rings is 1. The molecule has 0 atom stereocenters. The van der Waals surface area contributed by atoms with E-state index in [1.54, 1.807) is 12.1 Å². The van der Waals surface area contributed by atoms with Gasteiger partial charge in [0, 0.05) is 10.6 Å². The Kier molecular flexibility index (Phi) is 5.36. The smallest absolute Gasteiger partial charge is 0.411 e. The SMILES string of the molecule is FC(F)(F)COCOc1ccc(Cl)cc1CCl. The summed E-state index contributed by atoms with van der Waals surface area (Å²) in [6, 6.07) is 4.65. The fraction of sp³-hybridized carbons (Fsp3) is 0.400. The van der Waals surface area contributed by atoms with E-state index in [1.807, 2.05) is 0 Å². The Morgan fingerprint density at radius 1 is 1.24 bits per heavy atom. The van der Waals surface area contributed by atoms with Crippen LogP contribution >= 0.6 is 23.2 Å². The first-order valence-electron chi connectivity index (χ1n) is 4.54. The van der Waals surface area contributed by atoms with E-state index in [2.05, 4.69) is 4.74 Å². The number of ether oxygens (including phenoxy) is 2. The molecule has 0 aliphatic heterocycles. The van der Waals surface area contributed by atoms with E-state index in [0.717, 1.165) is 0 Å². The molecule has 0 bridgehead atoms. The van der Waals surface area contributed by atoms with E-state index in [1.165, 1.54) is 6.07 Å². The van der Waals surface area contributed by atoms with E-state index >= 15 is 0 Å². The zero-order chi connectivity index (χ0) is 12.9. The molecule has 0 radical (unpaired) electrons. The van der Waals surface area contributed by atoms with Gasteiger partial charge >= 0.3 is 6.18 Å². The molecule has 1 aromatic carbocycles. The Morgan fingerprint density at radius 2 is 1.94 bits per heavy atom. The van der Waals surface area contributed by atoms with Crippen LogP contribution in [0.15, 0.2) is 18.2 Å². The summed E-state index contributed by atoms with van der Waals surface area (Å²) in [7, 11) is 0. The van der Waals surface area contributed by atoms with Crippen molar-refractivity contribution in [2.45, 2.75) is 12.1 Å². The van der Waals surface area contributed by atoms with Crippen molar-refractivity contribution in [1.82, 2.24) is 0 Å². The third-order valence-electron chi connectivity index (χ3n) is 1.73. The molecule has 0 aromatic heterocycles. The van der Waals surface area contributed by atoms with E-state index in [9.17, 15) is 13.2 Å². The van der Waals surface area contributed by atoms with Crippen molar-refractivity contribution in [2.75, 3.05) is 13.4 Å². The van der Waals surface area contributed by atoms with Gasteiger partial charge in [-0.05, 0) is 18.2 Å². The monoisotopic (exact) mass is 288 g/mol. The molecule has 17 heavy (non-hydrogen) atoms. The first-order valence-corrected chi connectivity index (χ1v) is 5.45. The van der Waals surface area contributed by atoms with Crippen LogP contribution in [0.1, 0.15) is 5.56 Å². The van der Waals surface area contributed by atoms with E-state index in [0.29, 0.717) is 16.3 Å². The summed E-state index contributed by atoms with van der Waals surface area (Å²) in [6.45, 7) is -1.85. The lowest BCUT2D eigenvalue weighted by atomic mass is 10.2. The summed E-state index contributed by atoms with van der Waals surface area (Å²) < 4.78 is 44.6. The minimum Gasteiger partial charge on any atom is -0.467 e. The van der Waals surface area contributed by atoms with Crippen LogP contribution in [0, 0.1) is 0 Å². The van der Waals surface area contributed by atoms with Crippen molar-refractivity contribution in [1.29, 1.82) is 0 Å². The Hall–Kier alpha value is -0.650. The molecule has 0 amide bonds. The van der Waals surface area contributed by atoms with Crippen molar-refractivity contribution in [3.05, 3.63) is 28.8 Å². The fourth-order valence-corrected chi connectivity index (χ4v) is 1.46. The maximum atomic E-state index is 11.8. The molecule has 0 aliphatic rings. The molecular formula is C10H9Cl2F3O2. The molecule has 0 saturated heterocycles. The first kappa shape index (κ1) is 14.4. The van der Waals surface area contributed by atoms with Crippen LogP contribution in [0.25, 0.3) is 0 Å². The highest BCUT2D eigenvalue weighted by Crippen LogP contribution is 2.24. The van der Waals surface area contributed by atoms with Crippen LogP contribution in [0.5, 0.6) is 5.75 Å². The molecule has 0 fully saturated rings.